The van der Waals surface area contributed by atoms with Crippen molar-refractivity contribution in [1.82, 2.24) is 5.06 Å². The van der Waals surface area contributed by atoms with E-state index in [4.69, 9.17) is 9.25 Å². The van der Waals surface area contributed by atoms with Crippen molar-refractivity contribution in [2.75, 3.05) is 6.61 Å². The number of rotatable bonds is 5. The quantitative estimate of drug-likeness (QED) is 0.614. The number of benzene rings is 2. The number of furan rings is 1. The van der Waals surface area contributed by atoms with Gasteiger partial charge in [-0.25, -0.2) is 0 Å². The summed E-state index contributed by atoms with van der Waals surface area (Å²) in [7, 11) is 0. The molecule has 1 aliphatic heterocycles. The molecular weight excluding hydrogens is 422 g/mol. The van der Waals surface area contributed by atoms with Crippen molar-refractivity contribution >= 4 is 38.4 Å². The van der Waals surface area contributed by atoms with Crippen LogP contribution in [0.1, 0.15) is 25.2 Å². The number of carbonyl (C=O) groups excluding carboxylic acids is 1. The zero-order chi connectivity index (χ0) is 19.9. The van der Waals surface area contributed by atoms with Crippen molar-refractivity contribution in [3.05, 3.63) is 76.5 Å². The van der Waals surface area contributed by atoms with E-state index in [0.29, 0.717) is 16.7 Å². The summed E-state index contributed by atoms with van der Waals surface area (Å²) in [5, 5.41) is 13.4. The molecule has 1 unspecified atom stereocenters. The second-order valence-electron chi connectivity index (χ2n) is 7.23. The zero-order valence-corrected chi connectivity index (χ0v) is 17.1. The van der Waals surface area contributed by atoms with E-state index in [1.54, 1.807) is 6.07 Å². The summed E-state index contributed by atoms with van der Waals surface area (Å²) in [6.07, 6.45) is 1.50. The first-order chi connectivity index (χ1) is 13.4. The molecule has 1 atom stereocenters. The van der Waals surface area contributed by atoms with Crippen molar-refractivity contribution in [3.8, 4) is 0 Å². The first kappa shape index (κ1) is 18.9. The van der Waals surface area contributed by atoms with Crippen LogP contribution in [0.5, 0.6) is 0 Å². The van der Waals surface area contributed by atoms with E-state index in [1.165, 1.54) is 6.08 Å². The van der Waals surface area contributed by atoms with Crippen molar-refractivity contribution < 1.29 is 19.2 Å². The maximum absolute atomic E-state index is 13.1. The van der Waals surface area contributed by atoms with Crippen molar-refractivity contribution in [2.45, 2.75) is 19.6 Å². The van der Waals surface area contributed by atoms with Crippen LogP contribution in [0.3, 0.4) is 0 Å². The van der Waals surface area contributed by atoms with Gasteiger partial charge >= 0.3 is 0 Å². The van der Waals surface area contributed by atoms with Gasteiger partial charge in [-0.15, -0.1) is 0 Å². The van der Waals surface area contributed by atoms with Gasteiger partial charge in [-0.05, 0) is 41.8 Å². The Bertz CT molecular complexity index is 1040. The summed E-state index contributed by atoms with van der Waals surface area (Å²) in [5.74, 6) is 0.000141. The summed E-state index contributed by atoms with van der Waals surface area (Å²) >= 11 is 3.43. The van der Waals surface area contributed by atoms with Gasteiger partial charge in [0, 0.05) is 9.86 Å². The van der Waals surface area contributed by atoms with E-state index in [1.807, 2.05) is 62.4 Å². The second kappa shape index (κ2) is 7.20. The van der Waals surface area contributed by atoms with Crippen LogP contribution in [0, 0.1) is 5.92 Å². The van der Waals surface area contributed by atoms with Crippen LogP contribution < -0.4 is 0 Å². The topological polar surface area (TPSA) is 62.9 Å². The maximum atomic E-state index is 13.1. The molecule has 28 heavy (non-hydrogen) atoms. The van der Waals surface area contributed by atoms with E-state index in [9.17, 15) is 9.90 Å². The minimum absolute atomic E-state index is 0.183. The number of hydroxylamine groups is 2. The van der Waals surface area contributed by atoms with E-state index < -0.39 is 11.6 Å². The third kappa shape index (κ3) is 3.28. The molecule has 0 saturated heterocycles. The summed E-state index contributed by atoms with van der Waals surface area (Å²) in [4.78, 5) is 18.9. The van der Waals surface area contributed by atoms with Gasteiger partial charge in [0.25, 0.3) is 5.91 Å². The molecule has 1 amide bonds. The van der Waals surface area contributed by atoms with Crippen LogP contribution in [0.25, 0.3) is 16.5 Å². The molecule has 6 heteroatoms. The third-order valence-electron chi connectivity index (χ3n) is 4.53. The minimum atomic E-state index is -1.83. The monoisotopic (exact) mass is 441 g/mol. The Kier molecular flexibility index (Phi) is 4.87. The average Bonchev–Trinajstić information content (AvgIpc) is 3.20. The van der Waals surface area contributed by atoms with Crippen LogP contribution in [0.15, 0.2) is 69.6 Å². The van der Waals surface area contributed by atoms with Gasteiger partial charge in [-0.1, -0.05) is 60.1 Å². The van der Waals surface area contributed by atoms with Crippen molar-refractivity contribution in [1.29, 1.82) is 0 Å². The molecule has 144 valence electrons. The Morgan fingerprint density at radius 2 is 1.96 bits per heavy atom. The Balaban J connectivity index is 1.82. The fourth-order valence-electron chi connectivity index (χ4n) is 3.16. The van der Waals surface area contributed by atoms with Gasteiger partial charge in [-0.3, -0.25) is 9.63 Å². The number of amides is 1. The zero-order valence-electron chi connectivity index (χ0n) is 15.6. The number of hydrogen-bond acceptors (Lipinski definition) is 4. The highest BCUT2D eigenvalue weighted by Crippen LogP contribution is 2.41. The molecule has 0 saturated carbocycles. The molecule has 1 aliphatic rings. The van der Waals surface area contributed by atoms with Gasteiger partial charge in [0.05, 0.1) is 12.2 Å². The molecular formula is C22H20BrNO4. The highest BCUT2D eigenvalue weighted by molar-refractivity contribution is 9.10. The van der Waals surface area contributed by atoms with Crippen LogP contribution in [0.4, 0.5) is 0 Å². The van der Waals surface area contributed by atoms with Gasteiger partial charge in [-0.2, -0.15) is 5.06 Å². The molecule has 1 aromatic heterocycles. The van der Waals surface area contributed by atoms with Gasteiger partial charge in [0.1, 0.15) is 5.58 Å². The van der Waals surface area contributed by atoms with Crippen LogP contribution >= 0.6 is 15.9 Å². The highest BCUT2D eigenvalue weighted by atomic mass is 79.9. The third-order valence-corrected chi connectivity index (χ3v) is 5.02. The standard InChI is InChI=1S/C22H20BrNO4/c1-14(2)13-27-24-21(25)18(15-7-5-8-17(23)10-15)12-22(24,26)20-11-16-6-3-4-9-19(16)28-20/h3-12,14,26H,13H2,1-2H3. The number of halogens is 1. The van der Waals surface area contributed by atoms with E-state index >= 15 is 0 Å². The lowest BCUT2D eigenvalue weighted by Gasteiger charge is -2.30. The van der Waals surface area contributed by atoms with E-state index in [0.717, 1.165) is 14.9 Å². The Morgan fingerprint density at radius 3 is 2.68 bits per heavy atom. The summed E-state index contributed by atoms with van der Waals surface area (Å²) in [5.41, 5.74) is -0.160. The van der Waals surface area contributed by atoms with Crippen LogP contribution in [-0.2, 0) is 15.4 Å². The second-order valence-corrected chi connectivity index (χ2v) is 8.15. The minimum Gasteiger partial charge on any atom is -0.455 e. The molecule has 2 heterocycles. The lowest BCUT2D eigenvalue weighted by molar-refractivity contribution is -0.264. The fourth-order valence-corrected chi connectivity index (χ4v) is 3.56. The number of carbonyl (C=O) groups is 1. The Labute approximate surface area is 171 Å². The molecule has 3 aromatic rings. The molecule has 0 bridgehead atoms. The van der Waals surface area contributed by atoms with Crippen LogP contribution in [-0.4, -0.2) is 22.7 Å². The average molecular weight is 442 g/mol. The highest BCUT2D eigenvalue weighted by Gasteiger charge is 2.49. The summed E-state index contributed by atoms with van der Waals surface area (Å²) in [6, 6.07) is 16.5. The molecule has 0 spiro atoms. The number of hydrogen-bond donors (Lipinski definition) is 1. The van der Waals surface area contributed by atoms with Gasteiger partial charge in [0.2, 0.25) is 5.72 Å². The molecule has 0 fully saturated rings. The van der Waals surface area contributed by atoms with Crippen molar-refractivity contribution in [2.24, 2.45) is 5.92 Å². The Hall–Kier alpha value is -2.41. The van der Waals surface area contributed by atoms with Crippen molar-refractivity contribution in [3.63, 3.8) is 0 Å². The largest absolute Gasteiger partial charge is 0.455 e. The predicted octanol–water partition coefficient (Wildman–Crippen LogP) is 4.85. The number of para-hydroxylation sites is 1. The number of nitrogens with zero attached hydrogens (tertiary/aromatic N) is 1. The van der Waals surface area contributed by atoms with E-state index in [-0.39, 0.29) is 18.3 Å². The SMILES string of the molecule is CC(C)CON1C(=O)C(c2cccc(Br)c2)=CC1(O)c1cc2ccccc2o1. The predicted molar refractivity (Wildman–Crippen MR) is 110 cm³/mol. The van der Waals surface area contributed by atoms with Gasteiger partial charge in [0.15, 0.2) is 5.76 Å². The fraction of sp³-hybridized carbons (Fsp3) is 0.227. The Morgan fingerprint density at radius 1 is 1.18 bits per heavy atom. The molecule has 2 aromatic carbocycles. The number of fused-ring (bicyclic) bond motifs is 1. The van der Waals surface area contributed by atoms with Crippen LogP contribution in [0.2, 0.25) is 0 Å². The first-order valence-corrected chi connectivity index (χ1v) is 9.85. The van der Waals surface area contributed by atoms with E-state index in [2.05, 4.69) is 15.9 Å². The normalized spacial score (nSPS) is 19.7. The molecule has 0 aliphatic carbocycles. The molecule has 5 nitrogen and oxygen atoms in total. The van der Waals surface area contributed by atoms with Gasteiger partial charge < -0.3 is 9.52 Å². The first-order valence-electron chi connectivity index (χ1n) is 9.06. The molecule has 4 rings (SSSR count). The molecule has 0 radical (unpaired) electrons. The summed E-state index contributed by atoms with van der Waals surface area (Å²) in [6.45, 7) is 4.24. The molecule has 1 N–H and O–H groups in total. The smallest absolute Gasteiger partial charge is 0.281 e. The maximum Gasteiger partial charge on any atom is 0.281 e. The lowest BCUT2D eigenvalue weighted by Crippen LogP contribution is -2.44. The lowest BCUT2D eigenvalue weighted by atomic mass is 10.0. The summed E-state index contributed by atoms with van der Waals surface area (Å²) < 4.78 is 6.71. The number of aliphatic hydroxyl groups is 1.